The van der Waals surface area contributed by atoms with E-state index >= 15 is 0 Å². The van der Waals surface area contributed by atoms with Crippen molar-refractivity contribution in [3.05, 3.63) is 29.8 Å². The van der Waals surface area contributed by atoms with E-state index in [1.54, 1.807) is 0 Å². The molecular formula is C14H18F2IN3. The van der Waals surface area contributed by atoms with E-state index in [-0.39, 0.29) is 41.0 Å². The summed E-state index contributed by atoms with van der Waals surface area (Å²) < 4.78 is 26.4. The fourth-order valence-corrected chi connectivity index (χ4v) is 1.38. The Labute approximate surface area is 135 Å². The van der Waals surface area contributed by atoms with Gasteiger partial charge in [-0.15, -0.1) is 30.4 Å². The molecule has 0 saturated carbocycles. The van der Waals surface area contributed by atoms with E-state index in [2.05, 4.69) is 16.2 Å². The minimum Gasteiger partial charge on any atom is -0.370 e. The van der Waals surface area contributed by atoms with Crippen LogP contribution in [0.5, 0.6) is 0 Å². The predicted octanol–water partition coefficient (Wildman–Crippen LogP) is 3.36. The molecule has 20 heavy (non-hydrogen) atoms. The van der Waals surface area contributed by atoms with E-state index in [0.717, 1.165) is 18.2 Å². The van der Waals surface area contributed by atoms with Crippen molar-refractivity contribution in [1.82, 2.24) is 0 Å². The molecule has 0 aliphatic rings. The van der Waals surface area contributed by atoms with Gasteiger partial charge in [-0.1, -0.05) is 26.7 Å². The van der Waals surface area contributed by atoms with Gasteiger partial charge in [-0.2, -0.15) is 0 Å². The van der Waals surface area contributed by atoms with E-state index in [1.165, 1.54) is 0 Å². The molecule has 0 amide bonds. The third-order valence-electron chi connectivity index (χ3n) is 2.44. The number of anilines is 1. The smallest absolute Gasteiger partial charge is 0.194 e. The van der Waals surface area contributed by atoms with Crippen LogP contribution in [0.4, 0.5) is 14.5 Å². The molecule has 3 nitrogen and oxygen atoms in total. The van der Waals surface area contributed by atoms with E-state index in [4.69, 9.17) is 12.2 Å². The van der Waals surface area contributed by atoms with Crippen LogP contribution in [0.2, 0.25) is 0 Å². The molecule has 0 fully saturated rings. The van der Waals surface area contributed by atoms with E-state index in [9.17, 15) is 8.78 Å². The first-order valence-electron chi connectivity index (χ1n) is 5.75. The largest absolute Gasteiger partial charge is 0.370 e. The zero-order valence-corrected chi connectivity index (χ0v) is 13.9. The molecule has 0 heterocycles. The summed E-state index contributed by atoms with van der Waals surface area (Å²) in [6.07, 6.45) is 5.38. The van der Waals surface area contributed by atoms with Gasteiger partial charge in [0.15, 0.2) is 5.96 Å². The lowest BCUT2D eigenvalue weighted by molar-refractivity contribution is 0.376. The second-order valence-electron chi connectivity index (χ2n) is 5.20. The van der Waals surface area contributed by atoms with Gasteiger partial charge in [0.1, 0.15) is 17.7 Å². The standard InChI is InChI=1S/C14H17F2N3.HI/c1-5-12(14(2,3)4)19-13(17)18-11-8-9(15)6-7-10(11)16;/h1,6-8,12H,2-4H3,(H3,17,18,19);1H. The van der Waals surface area contributed by atoms with Crippen molar-refractivity contribution in [2.45, 2.75) is 26.8 Å². The highest BCUT2D eigenvalue weighted by molar-refractivity contribution is 14.0. The van der Waals surface area contributed by atoms with Crippen molar-refractivity contribution in [1.29, 1.82) is 0 Å². The maximum Gasteiger partial charge on any atom is 0.194 e. The average Bonchev–Trinajstić information content (AvgIpc) is 2.29. The molecule has 1 aromatic rings. The van der Waals surface area contributed by atoms with Crippen LogP contribution in [-0.2, 0) is 0 Å². The Kier molecular flexibility index (Phi) is 6.92. The molecule has 1 atom stereocenters. The number of nitrogens with one attached hydrogen (secondary N) is 1. The topological polar surface area (TPSA) is 50.4 Å². The van der Waals surface area contributed by atoms with Crippen LogP contribution in [-0.4, -0.2) is 12.0 Å². The van der Waals surface area contributed by atoms with Gasteiger partial charge in [-0.05, 0) is 17.5 Å². The van der Waals surface area contributed by atoms with Gasteiger partial charge in [-0.3, -0.25) is 0 Å². The molecule has 0 spiro atoms. The number of hydrogen-bond acceptors (Lipinski definition) is 1. The van der Waals surface area contributed by atoms with Crippen molar-refractivity contribution in [3.8, 4) is 12.3 Å². The van der Waals surface area contributed by atoms with Crippen LogP contribution in [0, 0.1) is 29.4 Å². The van der Waals surface area contributed by atoms with Crippen LogP contribution >= 0.6 is 24.0 Å². The highest BCUT2D eigenvalue weighted by atomic mass is 127. The third-order valence-corrected chi connectivity index (χ3v) is 2.44. The number of guanidine groups is 1. The van der Waals surface area contributed by atoms with E-state index in [0.29, 0.717) is 0 Å². The van der Waals surface area contributed by atoms with Crippen molar-refractivity contribution >= 4 is 35.6 Å². The number of nitrogens with two attached hydrogens (primary N) is 1. The molecule has 3 N–H and O–H groups in total. The first-order valence-corrected chi connectivity index (χ1v) is 5.75. The molecule has 110 valence electrons. The van der Waals surface area contributed by atoms with Crippen LogP contribution in [0.1, 0.15) is 20.8 Å². The minimum atomic E-state index is -0.618. The molecule has 0 aromatic heterocycles. The summed E-state index contributed by atoms with van der Waals surface area (Å²) in [5.74, 6) is 1.27. The first-order chi connectivity index (χ1) is 8.74. The molecule has 0 aliphatic heterocycles. The maximum absolute atomic E-state index is 13.4. The zero-order chi connectivity index (χ0) is 14.6. The summed E-state index contributed by atoms with van der Waals surface area (Å²) in [4.78, 5) is 4.09. The Morgan fingerprint density at radius 2 is 2.00 bits per heavy atom. The minimum absolute atomic E-state index is 0. The van der Waals surface area contributed by atoms with Crippen LogP contribution in [0.25, 0.3) is 0 Å². The van der Waals surface area contributed by atoms with Crippen LogP contribution in [0.15, 0.2) is 23.2 Å². The molecule has 0 aliphatic carbocycles. The zero-order valence-electron chi connectivity index (χ0n) is 11.6. The quantitative estimate of drug-likeness (QED) is 0.351. The summed E-state index contributed by atoms with van der Waals surface area (Å²) in [5, 5.41) is 2.51. The van der Waals surface area contributed by atoms with Gasteiger partial charge >= 0.3 is 0 Å². The van der Waals surface area contributed by atoms with Crippen LogP contribution < -0.4 is 11.1 Å². The lowest BCUT2D eigenvalue weighted by Gasteiger charge is -2.23. The molecule has 0 radical (unpaired) electrons. The second kappa shape index (κ2) is 7.43. The second-order valence-corrected chi connectivity index (χ2v) is 5.20. The molecule has 1 aromatic carbocycles. The summed E-state index contributed by atoms with van der Waals surface area (Å²) in [6.45, 7) is 5.74. The number of hydrogen-bond donors (Lipinski definition) is 2. The number of halogens is 3. The molecule has 0 bridgehead atoms. The lowest BCUT2D eigenvalue weighted by Crippen LogP contribution is -2.30. The van der Waals surface area contributed by atoms with Gasteiger partial charge in [0.25, 0.3) is 0 Å². The Morgan fingerprint density at radius 3 is 2.50 bits per heavy atom. The SMILES string of the molecule is C#CC(N=C(N)Nc1cc(F)ccc1F)C(C)(C)C.I. The molecule has 6 heteroatoms. The summed E-state index contributed by atoms with van der Waals surface area (Å²) in [6, 6.07) is 2.57. The number of nitrogens with zero attached hydrogens (tertiary/aromatic N) is 1. The molecule has 1 rings (SSSR count). The highest BCUT2D eigenvalue weighted by Crippen LogP contribution is 2.22. The summed E-state index contributed by atoms with van der Waals surface area (Å²) in [5.41, 5.74) is 5.30. The van der Waals surface area contributed by atoms with Gasteiger partial charge in [0.05, 0.1) is 5.69 Å². The average molecular weight is 393 g/mol. The number of rotatable bonds is 2. The Bertz CT molecular complexity index is 530. The fraction of sp³-hybridized carbons (Fsp3) is 0.357. The maximum atomic E-state index is 13.4. The lowest BCUT2D eigenvalue weighted by atomic mass is 9.88. The Morgan fingerprint density at radius 1 is 1.40 bits per heavy atom. The van der Waals surface area contributed by atoms with E-state index < -0.39 is 17.7 Å². The van der Waals surface area contributed by atoms with Crippen molar-refractivity contribution in [2.75, 3.05) is 5.32 Å². The van der Waals surface area contributed by atoms with Crippen molar-refractivity contribution in [2.24, 2.45) is 16.1 Å². The van der Waals surface area contributed by atoms with Crippen LogP contribution in [0.3, 0.4) is 0 Å². The van der Waals surface area contributed by atoms with E-state index in [1.807, 2.05) is 20.8 Å². The van der Waals surface area contributed by atoms with Crippen molar-refractivity contribution in [3.63, 3.8) is 0 Å². The number of aliphatic imine (C=N–C) groups is 1. The van der Waals surface area contributed by atoms with Crippen molar-refractivity contribution < 1.29 is 8.78 Å². The normalized spacial score (nSPS) is 13.1. The number of terminal acetylenes is 1. The first kappa shape index (κ1) is 18.6. The van der Waals surface area contributed by atoms with Gasteiger partial charge in [0, 0.05) is 6.07 Å². The van der Waals surface area contributed by atoms with Gasteiger partial charge < -0.3 is 11.1 Å². The molecule has 0 saturated heterocycles. The Balaban J connectivity index is 0.00000361. The highest BCUT2D eigenvalue weighted by Gasteiger charge is 2.22. The predicted molar refractivity (Wildman–Crippen MR) is 89.1 cm³/mol. The third kappa shape index (κ3) is 5.33. The summed E-state index contributed by atoms with van der Waals surface area (Å²) >= 11 is 0. The fourth-order valence-electron chi connectivity index (χ4n) is 1.38. The van der Waals surface area contributed by atoms with Gasteiger partial charge in [0.2, 0.25) is 0 Å². The molecule has 1 unspecified atom stereocenters. The van der Waals surface area contributed by atoms with Gasteiger partial charge in [-0.25, -0.2) is 13.8 Å². The monoisotopic (exact) mass is 393 g/mol. The summed E-state index contributed by atoms with van der Waals surface area (Å²) in [7, 11) is 0. The molecular weight excluding hydrogens is 375 g/mol. The number of benzene rings is 1. The Hall–Kier alpha value is -1.36.